The maximum atomic E-state index is 10.5. The first kappa shape index (κ1) is 9.74. The Morgan fingerprint density at radius 3 is 2.00 bits per heavy atom. The first-order valence-corrected chi connectivity index (χ1v) is 3.46. The molecular weight excluding hydrogens is 146 g/mol. The molecule has 0 aliphatic heterocycles. The van der Waals surface area contributed by atoms with Crippen molar-refractivity contribution < 1.29 is 9.59 Å². The molecule has 0 saturated carbocycles. The molecule has 0 saturated heterocycles. The predicted molar refractivity (Wildman–Crippen MR) is 40.8 cm³/mol. The maximum absolute atomic E-state index is 10.5. The van der Waals surface area contributed by atoms with Gasteiger partial charge in [-0.1, -0.05) is 13.3 Å². The number of carbonyl (C=O) groups is 2. The Labute approximate surface area is 65.3 Å². The number of hydrogen-bond donors (Lipinski definition) is 2. The summed E-state index contributed by atoms with van der Waals surface area (Å²) in [5.41, 5.74) is 9.73. The Balaban J connectivity index is 3.90. The van der Waals surface area contributed by atoms with Gasteiger partial charge >= 0.3 is 12.1 Å². The molecule has 0 aromatic heterocycles. The second-order valence-electron chi connectivity index (χ2n) is 2.18. The van der Waals surface area contributed by atoms with E-state index in [9.17, 15) is 9.59 Å². The van der Waals surface area contributed by atoms with Crippen LogP contribution in [0.25, 0.3) is 0 Å². The Morgan fingerprint density at radius 1 is 1.27 bits per heavy atom. The van der Waals surface area contributed by atoms with Crippen LogP contribution in [0.4, 0.5) is 9.59 Å². The number of carbonyl (C=O) groups excluding carboxylic acids is 2. The van der Waals surface area contributed by atoms with Crippen LogP contribution in [0.1, 0.15) is 19.8 Å². The van der Waals surface area contributed by atoms with Crippen molar-refractivity contribution in [2.75, 3.05) is 6.54 Å². The number of rotatable bonds is 3. The van der Waals surface area contributed by atoms with Gasteiger partial charge in [-0.05, 0) is 6.42 Å². The molecule has 4 amide bonds. The van der Waals surface area contributed by atoms with E-state index in [1.165, 1.54) is 0 Å². The van der Waals surface area contributed by atoms with E-state index >= 15 is 0 Å². The molecule has 0 atom stereocenters. The quantitative estimate of drug-likeness (QED) is 0.617. The highest BCUT2D eigenvalue weighted by atomic mass is 16.2. The molecule has 0 aromatic carbocycles. The molecule has 0 unspecified atom stereocenters. The number of primary amides is 2. The largest absolute Gasteiger partial charge is 0.351 e. The van der Waals surface area contributed by atoms with Crippen LogP contribution < -0.4 is 11.5 Å². The van der Waals surface area contributed by atoms with Gasteiger partial charge in [0.2, 0.25) is 0 Å². The third-order valence-corrected chi connectivity index (χ3v) is 1.27. The van der Waals surface area contributed by atoms with Crippen molar-refractivity contribution in [2.45, 2.75) is 19.8 Å². The molecule has 0 aliphatic carbocycles. The van der Waals surface area contributed by atoms with Crippen molar-refractivity contribution in [3.63, 3.8) is 0 Å². The van der Waals surface area contributed by atoms with Gasteiger partial charge in [-0.25, -0.2) is 14.5 Å². The normalized spacial score (nSPS) is 9.18. The van der Waals surface area contributed by atoms with Crippen molar-refractivity contribution in [3.8, 4) is 0 Å². The van der Waals surface area contributed by atoms with Crippen molar-refractivity contribution in [1.82, 2.24) is 4.90 Å². The molecule has 0 rings (SSSR count). The maximum Gasteiger partial charge on any atom is 0.322 e. The van der Waals surface area contributed by atoms with E-state index in [1.807, 2.05) is 6.92 Å². The summed E-state index contributed by atoms with van der Waals surface area (Å²) in [5, 5.41) is 0. The number of imide groups is 1. The second kappa shape index (κ2) is 4.54. The highest BCUT2D eigenvalue weighted by Gasteiger charge is 2.13. The molecule has 0 heterocycles. The van der Waals surface area contributed by atoms with Crippen LogP contribution in [0.5, 0.6) is 0 Å². The molecule has 0 spiro atoms. The molecule has 64 valence electrons. The number of amides is 4. The number of urea groups is 2. The summed E-state index contributed by atoms with van der Waals surface area (Å²) in [5.74, 6) is 0. The van der Waals surface area contributed by atoms with E-state index in [1.54, 1.807) is 0 Å². The molecule has 5 heteroatoms. The van der Waals surface area contributed by atoms with Crippen LogP contribution in [-0.4, -0.2) is 23.5 Å². The van der Waals surface area contributed by atoms with E-state index in [2.05, 4.69) is 0 Å². The fourth-order valence-electron chi connectivity index (χ4n) is 0.645. The van der Waals surface area contributed by atoms with Crippen molar-refractivity contribution >= 4 is 12.1 Å². The van der Waals surface area contributed by atoms with E-state index in [-0.39, 0.29) is 0 Å². The predicted octanol–water partition coefficient (Wildman–Crippen LogP) is 0.246. The molecule has 0 aliphatic rings. The Hall–Kier alpha value is -1.26. The molecule has 0 fully saturated rings. The van der Waals surface area contributed by atoms with E-state index < -0.39 is 12.1 Å². The summed E-state index contributed by atoms with van der Waals surface area (Å²) in [4.78, 5) is 21.8. The third kappa shape index (κ3) is 3.44. The summed E-state index contributed by atoms with van der Waals surface area (Å²) in [6.07, 6.45) is 1.61. The first-order valence-electron chi connectivity index (χ1n) is 3.46. The summed E-state index contributed by atoms with van der Waals surface area (Å²) < 4.78 is 0. The minimum atomic E-state index is -0.786. The van der Waals surface area contributed by atoms with Crippen LogP contribution >= 0.6 is 0 Å². The smallest absolute Gasteiger partial charge is 0.322 e. The number of nitrogens with zero attached hydrogens (tertiary/aromatic N) is 1. The minimum absolute atomic E-state index is 0.307. The fourth-order valence-corrected chi connectivity index (χ4v) is 0.645. The van der Waals surface area contributed by atoms with E-state index in [0.717, 1.165) is 17.7 Å². The van der Waals surface area contributed by atoms with Crippen LogP contribution in [0.15, 0.2) is 0 Å². The molecular formula is C6H13N3O2. The van der Waals surface area contributed by atoms with Crippen LogP contribution in [-0.2, 0) is 0 Å². The minimum Gasteiger partial charge on any atom is -0.351 e. The van der Waals surface area contributed by atoms with Gasteiger partial charge in [0.25, 0.3) is 0 Å². The summed E-state index contributed by atoms with van der Waals surface area (Å²) in [6.45, 7) is 2.25. The van der Waals surface area contributed by atoms with Crippen molar-refractivity contribution in [3.05, 3.63) is 0 Å². The molecule has 0 aromatic rings. The zero-order chi connectivity index (χ0) is 8.85. The molecule has 4 N–H and O–H groups in total. The third-order valence-electron chi connectivity index (χ3n) is 1.27. The van der Waals surface area contributed by atoms with Gasteiger partial charge in [-0.3, -0.25) is 0 Å². The summed E-state index contributed by atoms with van der Waals surface area (Å²) in [6, 6.07) is -1.57. The van der Waals surface area contributed by atoms with Crippen LogP contribution in [0.3, 0.4) is 0 Å². The highest BCUT2D eigenvalue weighted by Crippen LogP contribution is 1.93. The van der Waals surface area contributed by atoms with Crippen LogP contribution in [0.2, 0.25) is 0 Å². The number of unbranched alkanes of at least 4 members (excludes halogenated alkanes) is 1. The average Bonchev–Trinajstić information content (AvgIpc) is 1.87. The lowest BCUT2D eigenvalue weighted by molar-refractivity contribution is 0.197. The van der Waals surface area contributed by atoms with Crippen molar-refractivity contribution in [1.29, 1.82) is 0 Å². The highest BCUT2D eigenvalue weighted by molar-refractivity contribution is 5.91. The van der Waals surface area contributed by atoms with Crippen molar-refractivity contribution in [2.24, 2.45) is 11.5 Å². The standard InChI is InChI=1S/C6H13N3O2/c1-2-3-4-9(5(7)10)6(8)11/h2-4H2,1H3,(H2,7,10)(H2,8,11). The monoisotopic (exact) mass is 159 g/mol. The average molecular weight is 159 g/mol. The lowest BCUT2D eigenvalue weighted by atomic mass is 10.3. The van der Waals surface area contributed by atoms with Gasteiger partial charge in [-0.2, -0.15) is 0 Å². The molecule has 5 nitrogen and oxygen atoms in total. The van der Waals surface area contributed by atoms with E-state index in [4.69, 9.17) is 11.5 Å². The zero-order valence-electron chi connectivity index (χ0n) is 6.54. The SMILES string of the molecule is CCCCN(C(N)=O)C(N)=O. The topological polar surface area (TPSA) is 89.4 Å². The lowest BCUT2D eigenvalue weighted by Crippen LogP contribution is -2.44. The van der Waals surface area contributed by atoms with Gasteiger partial charge in [-0.15, -0.1) is 0 Å². The van der Waals surface area contributed by atoms with Gasteiger partial charge in [0.1, 0.15) is 0 Å². The second-order valence-corrected chi connectivity index (χ2v) is 2.18. The van der Waals surface area contributed by atoms with Gasteiger partial charge < -0.3 is 11.5 Å². The Morgan fingerprint density at radius 2 is 1.73 bits per heavy atom. The Kier molecular flexibility index (Phi) is 4.02. The summed E-state index contributed by atoms with van der Waals surface area (Å²) >= 11 is 0. The summed E-state index contributed by atoms with van der Waals surface area (Å²) in [7, 11) is 0. The fraction of sp³-hybridized carbons (Fsp3) is 0.667. The number of hydrogen-bond acceptors (Lipinski definition) is 2. The van der Waals surface area contributed by atoms with Gasteiger partial charge in [0.15, 0.2) is 0 Å². The molecule has 0 radical (unpaired) electrons. The zero-order valence-corrected chi connectivity index (χ0v) is 6.54. The van der Waals surface area contributed by atoms with Gasteiger partial charge in [0.05, 0.1) is 0 Å². The van der Waals surface area contributed by atoms with Crippen LogP contribution in [0, 0.1) is 0 Å². The Bertz CT molecular complexity index is 144. The number of nitrogens with two attached hydrogens (primary N) is 2. The lowest BCUT2D eigenvalue weighted by Gasteiger charge is -2.14. The first-order chi connectivity index (χ1) is 5.09. The molecule has 11 heavy (non-hydrogen) atoms. The molecule has 0 bridgehead atoms. The van der Waals surface area contributed by atoms with Gasteiger partial charge in [0, 0.05) is 6.54 Å². The van der Waals surface area contributed by atoms with E-state index in [0.29, 0.717) is 6.54 Å².